The maximum atomic E-state index is 15.3. The van der Waals surface area contributed by atoms with Crippen LogP contribution >= 0.6 is 0 Å². The first-order valence-corrected chi connectivity index (χ1v) is 17.1. The number of benzene rings is 4. The average molecular weight is 642 g/mol. The van der Waals surface area contributed by atoms with E-state index in [-0.39, 0.29) is 35.5 Å². The van der Waals surface area contributed by atoms with E-state index in [2.05, 4.69) is 5.32 Å². The highest BCUT2D eigenvalue weighted by molar-refractivity contribution is 7.92. The lowest BCUT2D eigenvalue weighted by atomic mass is 10.0. The molecule has 4 aromatic rings. The lowest BCUT2D eigenvalue weighted by molar-refractivity contribution is -0.140. The van der Waals surface area contributed by atoms with Crippen LogP contribution in [-0.2, 0) is 32.6 Å². The Morgan fingerprint density at radius 2 is 1.48 bits per heavy atom. The third-order valence-corrected chi connectivity index (χ3v) is 10.2. The summed E-state index contributed by atoms with van der Waals surface area (Å²) in [5, 5.41) is 3.16. The number of nitrogens with one attached hydrogen (secondary N) is 1. The van der Waals surface area contributed by atoms with Crippen LogP contribution in [0.25, 0.3) is 0 Å². The summed E-state index contributed by atoms with van der Waals surface area (Å²) in [6, 6.07) is 27.8. The van der Waals surface area contributed by atoms with Crippen molar-refractivity contribution in [3.8, 4) is 0 Å². The molecule has 0 bridgehead atoms. The Bertz CT molecular complexity index is 1760. The van der Waals surface area contributed by atoms with Crippen molar-refractivity contribution < 1.29 is 22.4 Å². The molecule has 0 unspecified atom stereocenters. The monoisotopic (exact) mass is 641 g/mol. The zero-order valence-electron chi connectivity index (χ0n) is 26.2. The fourth-order valence-electron chi connectivity index (χ4n) is 5.93. The van der Waals surface area contributed by atoms with E-state index >= 15 is 4.39 Å². The Balaban J connectivity index is 1.57. The van der Waals surface area contributed by atoms with E-state index < -0.39 is 34.3 Å². The molecule has 5 rings (SSSR count). The lowest BCUT2D eigenvalue weighted by Gasteiger charge is -2.34. The fraction of sp³-hybridized carbons (Fsp3) is 0.297. The Labute approximate surface area is 271 Å². The molecule has 1 atom stereocenters. The average Bonchev–Trinajstić information content (AvgIpc) is 3.55. The van der Waals surface area contributed by atoms with Crippen LogP contribution in [0.4, 0.5) is 10.1 Å². The molecule has 0 aromatic heterocycles. The van der Waals surface area contributed by atoms with Crippen LogP contribution in [0.5, 0.6) is 0 Å². The zero-order valence-corrected chi connectivity index (χ0v) is 27.0. The Hall–Kier alpha value is -4.50. The SMILES string of the molecule is Cc1ccc(S(=O)(=O)N(CC(=O)N(Cc2cccc(C)c2)[C@H](Cc2ccccc2)C(=O)NC2CCCC2)c2ccccc2F)cc1. The first-order valence-electron chi connectivity index (χ1n) is 15.6. The smallest absolute Gasteiger partial charge is 0.264 e. The lowest BCUT2D eigenvalue weighted by Crippen LogP contribution is -2.54. The van der Waals surface area contributed by atoms with Gasteiger partial charge in [-0.15, -0.1) is 0 Å². The molecular weight excluding hydrogens is 601 g/mol. The molecule has 1 N–H and O–H groups in total. The third kappa shape index (κ3) is 8.01. The van der Waals surface area contributed by atoms with Gasteiger partial charge in [0.15, 0.2) is 0 Å². The van der Waals surface area contributed by atoms with Crippen molar-refractivity contribution in [3.63, 3.8) is 0 Å². The summed E-state index contributed by atoms with van der Waals surface area (Å²) in [5.74, 6) is -1.70. The Morgan fingerprint density at radius 1 is 0.826 bits per heavy atom. The van der Waals surface area contributed by atoms with Gasteiger partial charge in [0.2, 0.25) is 11.8 Å². The highest BCUT2D eigenvalue weighted by Gasteiger charge is 2.36. The standard InChI is InChI=1S/C37H40FN3O4S/c1-27-19-21-32(22-20-27)46(44,45)41(34-18-9-8-17-33(34)38)26-36(42)40(25-30-14-10-11-28(2)23-30)35(24-29-12-4-3-5-13-29)37(43)39-31-15-6-7-16-31/h3-5,8-14,17-23,31,35H,6-7,15-16,24-26H2,1-2H3,(H,39,43)/t35-/m1/s1. The van der Waals surface area contributed by atoms with E-state index in [4.69, 9.17) is 0 Å². The van der Waals surface area contributed by atoms with Crippen LogP contribution in [0.15, 0.2) is 108 Å². The summed E-state index contributed by atoms with van der Waals surface area (Å²) < 4.78 is 44.3. The van der Waals surface area contributed by atoms with Crippen molar-refractivity contribution in [1.29, 1.82) is 0 Å². The van der Waals surface area contributed by atoms with Gasteiger partial charge >= 0.3 is 0 Å². The van der Waals surface area contributed by atoms with E-state index in [0.717, 1.165) is 58.3 Å². The van der Waals surface area contributed by atoms with Crippen molar-refractivity contribution in [2.24, 2.45) is 0 Å². The summed E-state index contributed by atoms with van der Waals surface area (Å²) in [7, 11) is -4.38. The van der Waals surface area contributed by atoms with Gasteiger partial charge < -0.3 is 10.2 Å². The molecule has 46 heavy (non-hydrogen) atoms. The van der Waals surface area contributed by atoms with Crippen molar-refractivity contribution in [1.82, 2.24) is 10.2 Å². The molecule has 0 saturated heterocycles. The molecule has 0 radical (unpaired) electrons. The van der Waals surface area contributed by atoms with Gasteiger partial charge in [-0.2, -0.15) is 0 Å². The van der Waals surface area contributed by atoms with E-state index in [0.29, 0.717) is 0 Å². The second kappa shape index (κ2) is 14.7. The van der Waals surface area contributed by atoms with Gasteiger partial charge in [0.1, 0.15) is 18.4 Å². The number of hydrogen-bond donors (Lipinski definition) is 1. The number of halogens is 1. The minimum atomic E-state index is -4.38. The Morgan fingerprint density at radius 3 is 2.15 bits per heavy atom. The predicted octanol–water partition coefficient (Wildman–Crippen LogP) is 6.34. The molecular formula is C37H40FN3O4S. The quantitative estimate of drug-likeness (QED) is 0.196. The molecule has 4 aromatic carbocycles. The van der Waals surface area contributed by atoms with Gasteiger partial charge in [-0.05, 0) is 62.1 Å². The van der Waals surface area contributed by atoms with Crippen molar-refractivity contribution in [2.75, 3.05) is 10.8 Å². The number of sulfonamides is 1. The maximum absolute atomic E-state index is 15.3. The van der Waals surface area contributed by atoms with Gasteiger partial charge in [0, 0.05) is 19.0 Å². The maximum Gasteiger partial charge on any atom is 0.264 e. The number of carbonyl (C=O) groups is 2. The van der Waals surface area contributed by atoms with E-state index in [1.54, 1.807) is 12.1 Å². The molecule has 240 valence electrons. The number of nitrogens with zero attached hydrogens (tertiary/aromatic N) is 2. The van der Waals surface area contributed by atoms with Crippen LogP contribution in [0.1, 0.15) is 47.9 Å². The minimum Gasteiger partial charge on any atom is -0.352 e. The van der Waals surface area contributed by atoms with Gasteiger partial charge in [-0.25, -0.2) is 12.8 Å². The molecule has 1 saturated carbocycles. The van der Waals surface area contributed by atoms with Gasteiger partial charge in [0.25, 0.3) is 10.0 Å². The van der Waals surface area contributed by atoms with Crippen LogP contribution in [0.2, 0.25) is 0 Å². The molecule has 0 spiro atoms. The number of aryl methyl sites for hydroxylation is 2. The predicted molar refractivity (Wildman–Crippen MR) is 178 cm³/mol. The van der Waals surface area contributed by atoms with Crippen molar-refractivity contribution in [3.05, 3.63) is 131 Å². The number of hydrogen-bond acceptors (Lipinski definition) is 4. The number of para-hydroxylation sites is 1. The van der Waals surface area contributed by atoms with Gasteiger partial charge in [-0.1, -0.05) is 103 Å². The van der Waals surface area contributed by atoms with E-state index in [1.165, 1.54) is 35.2 Å². The van der Waals surface area contributed by atoms with Crippen LogP contribution in [0, 0.1) is 19.7 Å². The summed E-state index contributed by atoms with van der Waals surface area (Å²) in [5.41, 5.74) is 3.24. The first kappa shape index (κ1) is 32.9. The first-order chi connectivity index (χ1) is 22.1. The normalized spacial score (nSPS) is 14.1. The Kier molecular flexibility index (Phi) is 10.5. The highest BCUT2D eigenvalue weighted by Crippen LogP contribution is 2.28. The van der Waals surface area contributed by atoms with Crippen molar-refractivity contribution in [2.45, 2.75) is 69.5 Å². The fourth-order valence-corrected chi connectivity index (χ4v) is 7.36. The van der Waals surface area contributed by atoms with Crippen LogP contribution in [-0.4, -0.2) is 43.8 Å². The minimum absolute atomic E-state index is 0.0125. The molecule has 9 heteroatoms. The van der Waals surface area contributed by atoms with Crippen LogP contribution < -0.4 is 9.62 Å². The molecule has 1 fully saturated rings. The topological polar surface area (TPSA) is 86.8 Å². The molecule has 7 nitrogen and oxygen atoms in total. The summed E-state index contributed by atoms with van der Waals surface area (Å²) in [6.45, 7) is 3.13. The number of anilines is 1. The summed E-state index contributed by atoms with van der Waals surface area (Å²) in [6.07, 6.45) is 4.00. The number of amides is 2. The second-order valence-corrected chi connectivity index (χ2v) is 13.8. The van der Waals surface area contributed by atoms with E-state index in [9.17, 15) is 18.0 Å². The van der Waals surface area contributed by atoms with Gasteiger partial charge in [-0.3, -0.25) is 13.9 Å². The molecule has 2 amide bonds. The van der Waals surface area contributed by atoms with E-state index in [1.807, 2.05) is 68.4 Å². The summed E-state index contributed by atoms with van der Waals surface area (Å²) >= 11 is 0. The second-order valence-electron chi connectivity index (χ2n) is 12.0. The highest BCUT2D eigenvalue weighted by atomic mass is 32.2. The molecule has 1 aliphatic rings. The molecule has 0 heterocycles. The summed E-state index contributed by atoms with van der Waals surface area (Å²) in [4.78, 5) is 30.0. The number of carbonyl (C=O) groups excluding carboxylic acids is 2. The van der Waals surface area contributed by atoms with Crippen LogP contribution in [0.3, 0.4) is 0 Å². The molecule has 1 aliphatic carbocycles. The third-order valence-electron chi connectivity index (χ3n) is 8.42. The number of rotatable bonds is 12. The zero-order chi connectivity index (χ0) is 32.7. The largest absolute Gasteiger partial charge is 0.352 e. The van der Waals surface area contributed by atoms with Crippen molar-refractivity contribution >= 4 is 27.5 Å². The van der Waals surface area contributed by atoms with Gasteiger partial charge in [0.05, 0.1) is 10.6 Å². The molecule has 0 aliphatic heterocycles.